The average molecular weight is 429 g/mol. The van der Waals surface area contributed by atoms with Gasteiger partial charge in [-0.2, -0.15) is 0 Å². The summed E-state index contributed by atoms with van der Waals surface area (Å²) < 4.78 is 10.9. The molecule has 2 N–H and O–H groups in total. The van der Waals surface area contributed by atoms with E-state index in [0.717, 1.165) is 60.6 Å². The monoisotopic (exact) mass is 428 g/mol. The van der Waals surface area contributed by atoms with E-state index in [-0.39, 0.29) is 16.4 Å². The Morgan fingerprint density at radius 3 is 2.80 bits per heavy atom. The second-order valence-corrected chi connectivity index (χ2v) is 9.36. The van der Waals surface area contributed by atoms with E-state index in [1.54, 1.807) is 7.11 Å². The molecule has 3 heterocycles. The van der Waals surface area contributed by atoms with Crippen molar-refractivity contribution in [3.63, 3.8) is 0 Å². The van der Waals surface area contributed by atoms with E-state index in [9.17, 15) is 9.59 Å². The first-order valence-corrected chi connectivity index (χ1v) is 11.6. The minimum absolute atomic E-state index is 0.206. The van der Waals surface area contributed by atoms with Crippen LogP contribution in [0.25, 0.3) is 21.1 Å². The smallest absolute Gasteiger partial charge is 0.271 e. The summed E-state index contributed by atoms with van der Waals surface area (Å²) in [4.78, 5) is 28.6. The van der Waals surface area contributed by atoms with Gasteiger partial charge in [-0.15, -0.1) is 0 Å². The molecule has 2 atom stereocenters. The summed E-state index contributed by atoms with van der Waals surface area (Å²) in [5, 5.41) is 4.54. The summed E-state index contributed by atoms with van der Waals surface area (Å²) in [5.74, 6) is 0.739. The number of anilines is 1. The number of methoxy groups -OCH3 is 1. The number of hydrogen-bond acceptors (Lipinski definition) is 6. The number of pyridine rings is 1. The summed E-state index contributed by atoms with van der Waals surface area (Å²) in [7, 11) is 1.68. The van der Waals surface area contributed by atoms with Crippen molar-refractivity contribution in [1.82, 2.24) is 14.3 Å². The molecule has 2 fully saturated rings. The molecule has 0 radical (unpaired) electrons. The Morgan fingerprint density at radius 2 is 2.10 bits per heavy atom. The lowest BCUT2D eigenvalue weighted by Crippen LogP contribution is -2.38. The van der Waals surface area contributed by atoms with Crippen LogP contribution in [-0.2, 0) is 0 Å². The number of ether oxygens (including phenoxy) is 1. The Balaban J connectivity index is 1.67. The minimum atomic E-state index is -0.294. The fourth-order valence-corrected chi connectivity index (χ4v) is 5.57. The highest BCUT2D eigenvalue weighted by Crippen LogP contribution is 2.44. The van der Waals surface area contributed by atoms with Gasteiger partial charge in [0.25, 0.3) is 5.56 Å². The van der Waals surface area contributed by atoms with Gasteiger partial charge in [0.2, 0.25) is 5.43 Å². The van der Waals surface area contributed by atoms with Gasteiger partial charge in [0.05, 0.1) is 23.7 Å². The molecule has 1 saturated carbocycles. The number of hydrogen-bond donors (Lipinski definition) is 2. The Hall–Kier alpha value is -2.32. The van der Waals surface area contributed by atoms with Gasteiger partial charge in [-0.05, 0) is 56.3 Å². The lowest BCUT2D eigenvalue weighted by Gasteiger charge is -2.25. The number of aromatic nitrogens is 2. The zero-order valence-corrected chi connectivity index (χ0v) is 18.5. The Bertz CT molecular complexity index is 1220. The first-order valence-electron chi connectivity index (χ1n) is 10.8. The highest BCUT2D eigenvalue weighted by atomic mass is 32.1. The average Bonchev–Trinajstić information content (AvgIpc) is 3.36. The van der Waals surface area contributed by atoms with Crippen molar-refractivity contribution < 1.29 is 4.74 Å². The van der Waals surface area contributed by atoms with Crippen LogP contribution in [0, 0.1) is 0 Å². The van der Waals surface area contributed by atoms with E-state index in [1.807, 2.05) is 12.1 Å². The maximum absolute atomic E-state index is 13.2. The summed E-state index contributed by atoms with van der Waals surface area (Å²) in [5.41, 5.74) is 1.35. The van der Waals surface area contributed by atoms with Gasteiger partial charge in [0.15, 0.2) is 5.75 Å². The highest BCUT2D eigenvalue weighted by Gasteiger charge is 2.32. The zero-order chi connectivity index (χ0) is 21.0. The molecule has 0 bridgehead atoms. The van der Waals surface area contributed by atoms with Gasteiger partial charge in [-0.1, -0.05) is 6.92 Å². The van der Waals surface area contributed by atoms with Crippen LogP contribution in [0.5, 0.6) is 5.75 Å². The first-order chi connectivity index (χ1) is 14.5. The third-order valence-corrected chi connectivity index (χ3v) is 7.38. The molecule has 5 rings (SSSR count). The molecule has 1 aromatic carbocycles. The third-order valence-electron chi connectivity index (χ3n) is 6.50. The molecule has 30 heavy (non-hydrogen) atoms. The molecule has 0 spiro atoms. The van der Waals surface area contributed by atoms with Crippen molar-refractivity contribution in [2.24, 2.45) is 0 Å². The van der Waals surface area contributed by atoms with Crippen LogP contribution in [0.2, 0.25) is 0 Å². The van der Waals surface area contributed by atoms with Crippen molar-refractivity contribution >= 4 is 38.3 Å². The van der Waals surface area contributed by atoms with E-state index in [2.05, 4.69) is 33.0 Å². The molecule has 1 aliphatic heterocycles. The Morgan fingerprint density at radius 1 is 1.30 bits per heavy atom. The second kappa shape index (κ2) is 7.42. The second-order valence-electron chi connectivity index (χ2n) is 8.57. The van der Waals surface area contributed by atoms with E-state index < -0.39 is 0 Å². The summed E-state index contributed by atoms with van der Waals surface area (Å²) >= 11 is 1.25. The van der Waals surface area contributed by atoms with Crippen molar-refractivity contribution in [1.29, 1.82) is 0 Å². The predicted molar refractivity (Wildman–Crippen MR) is 123 cm³/mol. The number of nitrogens with zero attached hydrogens (tertiary/aromatic N) is 2. The van der Waals surface area contributed by atoms with Crippen LogP contribution in [0.4, 0.5) is 5.69 Å². The van der Waals surface area contributed by atoms with E-state index >= 15 is 0 Å². The van der Waals surface area contributed by atoms with Crippen molar-refractivity contribution in [2.75, 3.05) is 25.1 Å². The lowest BCUT2D eigenvalue weighted by atomic mass is 10.1. The molecular formula is C22H28N4O3S. The topological polar surface area (TPSA) is 79.4 Å². The van der Waals surface area contributed by atoms with Crippen LogP contribution >= 0.6 is 11.5 Å². The van der Waals surface area contributed by atoms with Crippen LogP contribution in [-0.4, -0.2) is 41.2 Å². The number of H-pyrrole nitrogens is 1. The molecule has 7 nitrogen and oxygen atoms in total. The standard InChI is InChI=1S/C22H28N4O3S/c1-4-12(2)23-13-9-10-25(11-13)16-8-7-15-18(20(16)29-3)26(14-5-6-14)22-17(19(15)27)21(28)24-30-22/h7-8,12-14,23H,4-6,9-11H2,1-3H3,(H,24,28). The van der Waals surface area contributed by atoms with Gasteiger partial charge in [-0.3, -0.25) is 14.0 Å². The summed E-state index contributed by atoms with van der Waals surface area (Å²) in [6, 6.07) is 5.11. The largest absolute Gasteiger partial charge is 0.492 e. The predicted octanol–water partition coefficient (Wildman–Crippen LogP) is 3.21. The highest BCUT2D eigenvalue weighted by molar-refractivity contribution is 7.12. The van der Waals surface area contributed by atoms with Crippen molar-refractivity contribution in [2.45, 2.75) is 57.7 Å². The molecule has 3 aromatic rings. The van der Waals surface area contributed by atoms with E-state index in [0.29, 0.717) is 23.5 Å². The molecule has 2 aliphatic rings. The molecule has 160 valence electrons. The fraction of sp³-hybridized carbons (Fsp3) is 0.545. The molecule has 1 saturated heterocycles. The molecule has 2 unspecified atom stereocenters. The maximum Gasteiger partial charge on any atom is 0.271 e. The SMILES string of the molecule is CCC(C)NC1CCN(c2ccc3c(=O)c4c(=O)[nH]sc4n(C4CC4)c3c2OC)C1. The van der Waals surface area contributed by atoms with Crippen LogP contribution in [0.15, 0.2) is 21.7 Å². The number of benzene rings is 1. The minimum Gasteiger partial charge on any atom is -0.492 e. The summed E-state index contributed by atoms with van der Waals surface area (Å²) in [6.07, 6.45) is 4.30. The molecule has 2 aromatic heterocycles. The molecular weight excluding hydrogens is 400 g/mol. The number of rotatable bonds is 6. The Labute approximate surface area is 178 Å². The molecule has 0 amide bonds. The van der Waals surface area contributed by atoms with Gasteiger partial charge in [0, 0.05) is 31.2 Å². The zero-order valence-electron chi connectivity index (χ0n) is 17.7. The molecule has 1 aliphatic carbocycles. The van der Waals surface area contributed by atoms with Crippen LogP contribution in [0.3, 0.4) is 0 Å². The van der Waals surface area contributed by atoms with Gasteiger partial charge in [-0.25, -0.2) is 0 Å². The number of aromatic amines is 1. The first kappa shape index (κ1) is 19.6. The maximum atomic E-state index is 13.2. The number of fused-ring (bicyclic) bond motifs is 2. The fourth-order valence-electron chi connectivity index (χ4n) is 4.65. The third kappa shape index (κ3) is 3.04. The van der Waals surface area contributed by atoms with Gasteiger partial charge >= 0.3 is 0 Å². The quantitative estimate of drug-likeness (QED) is 0.630. The lowest BCUT2D eigenvalue weighted by molar-refractivity contribution is 0.417. The molecule has 8 heteroatoms. The Kier molecular flexibility index (Phi) is 4.86. The van der Waals surface area contributed by atoms with Crippen molar-refractivity contribution in [3.05, 3.63) is 32.7 Å². The van der Waals surface area contributed by atoms with Crippen LogP contribution < -0.4 is 25.9 Å². The van der Waals surface area contributed by atoms with Gasteiger partial charge in [0.1, 0.15) is 10.2 Å². The van der Waals surface area contributed by atoms with Gasteiger partial charge < -0.3 is 19.5 Å². The van der Waals surface area contributed by atoms with E-state index in [4.69, 9.17) is 4.74 Å². The number of nitrogens with one attached hydrogen (secondary N) is 2. The summed E-state index contributed by atoms with van der Waals surface area (Å²) in [6.45, 7) is 6.29. The van der Waals surface area contributed by atoms with Crippen LogP contribution in [0.1, 0.15) is 45.6 Å². The van der Waals surface area contributed by atoms with E-state index in [1.165, 1.54) is 11.5 Å². The normalized spacial score (nSPS) is 20.4. The van der Waals surface area contributed by atoms with Crippen molar-refractivity contribution in [3.8, 4) is 5.75 Å².